The van der Waals surface area contributed by atoms with Crippen molar-refractivity contribution in [1.82, 2.24) is 14.5 Å². The molecule has 0 aromatic carbocycles. The third kappa shape index (κ3) is 3.89. The molecule has 21 heavy (non-hydrogen) atoms. The summed E-state index contributed by atoms with van der Waals surface area (Å²) in [6.45, 7) is 8.11. The van der Waals surface area contributed by atoms with Gasteiger partial charge in [0.1, 0.15) is 18.7 Å². The Morgan fingerprint density at radius 1 is 1.33 bits per heavy atom. The number of carbonyl (C=O) groups is 1. The fourth-order valence-electron chi connectivity index (χ4n) is 1.91. The van der Waals surface area contributed by atoms with Crippen LogP contribution in [0.5, 0.6) is 0 Å². The number of carbonyl (C=O) groups excluding carboxylic acids is 1. The van der Waals surface area contributed by atoms with Gasteiger partial charge in [-0.2, -0.15) is 0 Å². The van der Waals surface area contributed by atoms with E-state index in [-0.39, 0.29) is 5.69 Å². The summed E-state index contributed by atoms with van der Waals surface area (Å²) in [6.07, 6.45) is 3.22. The smallest absolute Gasteiger partial charge is 0.357 e. The number of hydrogen-bond acceptors (Lipinski definition) is 5. The molecule has 0 aliphatic carbocycles. The van der Waals surface area contributed by atoms with Crippen molar-refractivity contribution in [3.05, 3.63) is 24.3 Å². The molecular formula is C14H21N3O3Si. The van der Waals surface area contributed by atoms with Gasteiger partial charge in [0.2, 0.25) is 0 Å². The van der Waals surface area contributed by atoms with Gasteiger partial charge in [0.05, 0.1) is 12.5 Å². The summed E-state index contributed by atoms with van der Waals surface area (Å²) in [5.74, 6) is -0.459. The summed E-state index contributed by atoms with van der Waals surface area (Å²) in [7, 11) is 0.257. The Bertz CT molecular complexity index is 634. The minimum absolute atomic E-state index is 0.281. The lowest BCUT2D eigenvalue weighted by Crippen LogP contribution is -2.22. The maximum Gasteiger partial charge on any atom is 0.357 e. The van der Waals surface area contributed by atoms with Crippen molar-refractivity contribution in [3.8, 4) is 0 Å². The van der Waals surface area contributed by atoms with Gasteiger partial charge in [-0.15, -0.1) is 0 Å². The van der Waals surface area contributed by atoms with Crippen molar-refractivity contribution in [2.45, 2.75) is 32.4 Å². The molecule has 0 aliphatic heterocycles. The largest absolute Gasteiger partial charge is 0.464 e. The zero-order chi connectivity index (χ0) is 15.5. The number of hydrogen-bond donors (Lipinski definition) is 0. The van der Waals surface area contributed by atoms with Gasteiger partial charge in [-0.1, -0.05) is 19.6 Å². The molecule has 0 spiro atoms. The van der Waals surface area contributed by atoms with Crippen LogP contribution in [0.4, 0.5) is 0 Å². The van der Waals surface area contributed by atoms with E-state index >= 15 is 0 Å². The molecule has 6 nitrogen and oxygen atoms in total. The zero-order valence-electron chi connectivity index (χ0n) is 12.9. The quantitative estimate of drug-likeness (QED) is 0.466. The Labute approximate surface area is 125 Å². The summed E-state index contributed by atoms with van der Waals surface area (Å²) in [5, 5.41) is 0.679. The van der Waals surface area contributed by atoms with Crippen LogP contribution in [-0.4, -0.2) is 42.3 Å². The first-order chi connectivity index (χ1) is 9.92. The lowest BCUT2D eigenvalue weighted by Gasteiger charge is -2.15. The molecule has 2 rings (SSSR count). The predicted octanol–water partition coefficient (Wildman–Crippen LogP) is 2.53. The monoisotopic (exact) mass is 307 g/mol. The van der Waals surface area contributed by atoms with Crippen molar-refractivity contribution in [3.63, 3.8) is 0 Å². The van der Waals surface area contributed by atoms with E-state index in [2.05, 4.69) is 29.6 Å². The summed E-state index contributed by atoms with van der Waals surface area (Å²) < 4.78 is 12.3. The van der Waals surface area contributed by atoms with Crippen LogP contribution < -0.4 is 0 Å². The van der Waals surface area contributed by atoms with Gasteiger partial charge >= 0.3 is 5.97 Å². The molecule has 2 aromatic heterocycles. The van der Waals surface area contributed by atoms with E-state index < -0.39 is 14.0 Å². The fraction of sp³-hybridized carbons (Fsp3) is 0.500. The van der Waals surface area contributed by atoms with Gasteiger partial charge in [0.25, 0.3) is 0 Å². The summed E-state index contributed by atoms with van der Waals surface area (Å²) in [5.41, 5.74) is 0.960. The highest BCUT2D eigenvalue weighted by molar-refractivity contribution is 6.76. The van der Waals surface area contributed by atoms with Crippen LogP contribution in [0.1, 0.15) is 10.5 Å². The van der Waals surface area contributed by atoms with Gasteiger partial charge in [-0.25, -0.2) is 14.8 Å². The van der Waals surface area contributed by atoms with Crippen LogP contribution in [0, 0.1) is 0 Å². The minimum atomic E-state index is -1.08. The first-order valence-electron chi connectivity index (χ1n) is 6.88. The molecule has 0 bridgehead atoms. The maximum absolute atomic E-state index is 11.7. The highest BCUT2D eigenvalue weighted by Gasteiger charge is 2.16. The summed E-state index contributed by atoms with van der Waals surface area (Å²) >= 11 is 0. The second-order valence-electron chi connectivity index (χ2n) is 6.08. The van der Waals surface area contributed by atoms with Crippen LogP contribution in [0.2, 0.25) is 25.7 Å². The summed E-state index contributed by atoms with van der Waals surface area (Å²) in [6, 6.07) is 2.93. The van der Waals surface area contributed by atoms with Crippen LogP contribution in [-0.2, 0) is 16.2 Å². The summed E-state index contributed by atoms with van der Waals surface area (Å²) in [4.78, 5) is 19.9. The number of aromatic nitrogens is 3. The Morgan fingerprint density at radius 3 is 2.76 bits per heavy atom. The van der Waals surface area contributed by atoms with E-state index in [1.54, 1.807) is 0 Å². The SMILES string of the molecule is COC(=O)c1ncnc2c1ccn2COCC[Si](C)(C)C. The van der Waals surface area contributed by atoms with Crippen molar-refractivity contribution < 1.29 is 14.3 Å². The second-order valence-corrected chi connectivity index (χ2v) is 11.7. The van der Waals surface area contributed by atoms with Crippen molar-refractivity contribution in [2.75, 3.05) is 13.7 Å². The van der Waals surface area contributed by atoms with E-state index in [0.717, 1.165) is 12.7 Å². The predicted molar refractivity (Wildman–Crippen MR) is 83.0 cm³/mol. The molecule has 0 amide bonds. The Kier molecular flexibility index (Phi) is 4.74. The van der Waals surface area contributed by atoms with Crippen molar-refractivity contribution in [2.24, 2.45) is 0 Å². The lowest BCUT2D eigenvalue weighted by molar-refractivity contribution is 0.0596. The van der Waals surface area contributed by atoms with Gasteiger partial charge < -0.3 is 14.0 Å². The van der Waals surface area contributed by atoms with Crippen molar-refractivity contribution in [1.29, 1.82) is 0 Å². The Balaban J connectivity index is 2.10. The van der Waals surface area contributed by atoms with E-state index in [1.807, 2.05) is 16.8 Å². The van der Waals surface area contributed by atoms with Gasteiger partial charge in [-0.05, 0) is 12.1 Å². The fourth-order valence-corrected chi connectivity index (χ4v) is 2.67. The molecule has 0 aliphatic rings. The number of esters is 1. The molecule has 0 radical (unpaired) electrons. The third-order valence-corrected chi connectivity index (χ3v) is 4.87. The molecular weight excluding hydrogens is 286 g/mol. The topological polar surface area (TPSA) is 66.2 Å². The molecule has 0 saturated heterocycles. The molecule has 0 atom stereocenters. The molecule has 7 heteroatoms. The van der Waals surface area contributed by atoms with Crippen molar-refractivity contribution >= 4 is 25.1 Å². The molecule has 0 fully saturated rings. The van der Waals surface area contributed by atoms with E-state index in [9.17, 15) is 4.79 Å². The van der Waals surface area contributed by atoms with Gasteiger partial charge in [0.15, 0.2) is 5.69 Å². The Morgan fingerprint density at radius 2 is 2.10 bits per heavy atom. The first kappa shape index (κ1) is 15.7. The third-order valence-electron chi connectivity index (χ3n) is 3.16. The van der Waals surface area contributed by atoms with Crippen LogP contribution in [0.15, 0.2) is 18.6 Å². The van der Waals surface area contributed by atoms with Crippen LogP contribution in [0.25, 0.3) is 11.0 Å². The number of fused-ring (bicyclic) bond motifs is 1. The average molecular weight is 307 g/mol. The van der Waals surface area contributed by atoms with E-state index in [4.69, 9.17) is 9.47 Å². The molecule has 0 unspecified atom stereocenters. The molecule has 0 saturated carbocycles. The van der Waals surface area contributed by atoms with Crippen LogP contribution in [0.3, 0.4) is 0 Å². The number of methoxy groups -OCH3 is 1. The van der Waals surface area contributed by atoms with Gasteiger partial charge in [0, 0.05) is 20.9 Å². The second kappa shape index (κ2) is 6.36. The Hall–Kier alpha value is -1.73. The normalized spacial score (nSPS) is 11.8. The van der Waals surface area contributed by atoms with Gasteiger partial charge in [-0.3, -0.25) is 0 Å². The first-order valence-corrected chi connectivity index (χ1v) is 10.6. The zero-order valence-corrected chi connectivity index (χ0v) is 13.9. The average Bonchev–Trinajstić information content (AvgIpc) is 2.85. The standard InChI is InChI=1S/C14H21N3O3Si/c1-19-14(18)12-11-5-6-17(13(11)16-9-15-12)10-20-7-8-21(2,3)4/h5-6,9H,7-8,10H2,1-4H3. The molecule has 2 aromatic rings. The maximum atomic E-state index is 11.7. The highest BCUT2D eigenvalue weighted by Crippen LogP contribution is 2.17. The molecule has 114 valence electrons. The number of rotatable bonds is 6. The molecule has 0 N–H and O–H groups in total. The lowest BCUT2D eigenvalue weighted by atomic mass is 10.3. The molecule has 2 heterocycles. The van der Waals surface area contributed by atoms with Crippen LogP contribution >= 0.6 is 0 Å². The number of nitrogens with zero attached hydrogens (tertiary/aromatic N) is 3. The minimum Gasteiger partial charge on any atom is -0.464 e. The number of ether oxygens (including phenoxy) is 2. The highest BCUT2D eigenvalue weighted by atomic mass is 28.3. The van der Waals surface area contributed by atoms with E-state index in [1.165, 1.54) is 13.4 Å². The van der Waals surface area contributed by atoms with E-state index in [0.29, 0.717) is 17.8 Å².